The molecule has 1 aliphatic carbocycles. The first kappa shape index (κ1) is 31.3. The van der Waals surface area contributed by atoms with Gasteiger partial charge in [0.1, 0.15) is 11.6 Å². The van der Waals surface area contributed by atoms with Gasteiger partial charge in [-0.15, -0.1) is 0 Å². The minimum Gasteiger partial charge on any atom is -0.481 e. The lowest BCUT2D eigenvalue weighted by Crippen LogP contribution is -2.35. The molecule has 1 amide bonds. The smallest absolute Gasteiger partial charge is 0.305 e. The Morgan fingerprint density at radius 1 is 1.00 bits per heavy atom. The third-order valence-corrected chi connectivity index (χ3v) is 8.14. The molecule has 224 valence electrons. The summed E-state index contributed by atoms with van der Waals surface area (Å²) in [5.41, 5.74) is 5.99. The van der Waals surface area contributed by atoms with Crippen LogP contribution in [0.4, 0.5) is 8.78 Å². The zero-order chi connectivity index (χ0) is 30.7. The third kappa shape index (κ3) is 7.59. The van der Waals surface area contributed by atoms with E-state index in [1.54, 1.807) is 39.1 Å². The van der Waals surface area contributed by atoms with Crippen molar-refractivity contribution in [1.82, 2.24) is 15.2 Å². The molecule has 2 atom stereocenters. The highest BCUT2D eigenvalue weighted by Crippen LogP contribution is 2.39. The predicted octanol–water partition coefficient (Wildman–Crippen LogP) is 6.58. The Kier molecular flexibility index (Phi) is 9.77. The zero-order valence-corrected chi connectivity index (χ0v) is 25.4. The molecule has 1 fully saturated rings. The highest BCUT2D eigenvalue weighted by Gasteiger charge is 2.34. The second-order valence-electron chi connectivity index (χ2n) is 12.1. The van der Waals surface area contributed by atoms with Crippen molar-refractivity contribution < 1.29 is 23.5 Å². The van der Waals surface area contributed by atoms with Crippen molar-refractivity contribution in [2.24, 2.45) is 5.92 Å². The number of halogens is 2. The van der Waals surface area contributed by atoms with Gasteiger partial charge in [0, 0.05) is 18.3 Å². The Bertz CT molecular complexity index is 1460. The van der Waals surface area contributed by atoms with Gasteiger partial charge < -0.3 is 15.3 Å². The minimum absolute atomic E-state index is 0.0950. The number of pyridine rings is 1. The van der Waals surface area contributed by atoms with Crippen molar-refractivity contribution in [3.8, 4) is 11.1 Å². The molecule has 0 radical (unpaired) electrons. The number of nitrogens with zero attached hydrogens (tertiary/aromatic N) is 2. The van der Waals surface area contributed by atoms with Gasteiger partial charge in [0.25, 0.3) is 0 Å². The number of nitrogens with one attached hydrogen (secondary N) is 1. The highest BCUT2D eigenvalue weighted by molar-refractivity contribution is 5.84. The number of carboxylic acids is 1. The van der Waals surface area contributed by atoms with Gasteiger partial charge in [0.05, 0.1) is 24.1 Å². The van der Waals surface area contributed by atoms with E-state index in [1.807, 2.05) is 27.1 Å². The summed E-state index contributed by atoms with van der Waals surface area (Å²) < 4.78 is 29.7. The summed E-state index contributed by atoms with van der Waals surface area (Å²) in [6, 6.07) is 6.98. The average molecular weight is 578 g/mol. The molecule has 8 heteroatoms. The maximum Gasteiger partial charge on any atom is 0.305 e. The van der Waals surface area contributed by atoms with E-state index in [2.05, 4.69) is 15.2 Å². The number of benzene rings is 2. The first-order chi connectivity index (χ1) is 19.8. The summed E-state index contributed by atoms with van der Waals surface area (Å²) >= 11 is 0. The number of likely N-dealkylation sites (N-methyl/N-ethyl adjacent to an activating group) is 1. The molecule has 3 aromatic rings. The first-order valence-electron chi connectivity index (χ1n) is 14.5. The lowest BCUT2D eigenvalue weighted by Gasteiger charge is -2.24. The topological polar surface area (TPSA) is 82.5 Å². The molecule has 1 saturated carbocycles. The Labute approximate surface area is 247 Å². The Balaban J connectivity index is 1.71. The van der Waals surface area contributed by atoms with Crippen LogP contribution < -0.4 is 5.32 Å². The van der Waals surface area contributed by atoms with E-state index < -0.39 is 30.2 Å². The quantitative estimate of drug-likeness (QED) is 0.254. The molecular formula is C34H41F2N3O3. The molecule has 2 N–H and O–H groups in total. The summed E-state index contributed by atoms with van der Waals surface area (Å²) in [4.78, 5) is 32.6. The van der Waals surface area contributed by atoms with E-state index in [1.165, 1.54) is 12.1 Å². The van der Waals surface area contributed by atoms with Crippen molar-refractivity contribution >= 4 is 11.9 Å². The molecule has 1 aliphatic rings. The Morgan fingerprint density at radius 2 is 1.67 bits per heavy atom. The Morgan fingerprint density at radius 3 is 2.26 bits per heavy atom. The summed E-state index contributed by atoms with van der Waals surface area (Å²) in [5, 5.41) is 12.7. The van der Waals surface area contributed by atoms with Gasteiger partial charge >= 0.3 is 5.97 Å². The fourth-order valence-corrected chi connectivity index (χ4v) is 5.68. The largest absolute Gasteiger partial charge is 0.481 e. The number of aromatic nitrogens is 1. The number of hydrogen-bond donors (Lipinski definition) is 2. The second-order valence-corrected chi connectivity index (χ2v) is 12.1. The lowest BCUT2D eigenvalue weighted by molar-refractivity contribution is -0.137. The van der Waals surface area contributed by atoms with Crippen LogP contribution in [0.15, 0.2) is 36.5 Å². The molecule has 2 aromatic carbocycles. The van der Waals surface area contributed by atoms with E-state index >= 15 is 4.39 Å². The number of hydrogen-bond acceptors (Lipinski definition) is 4. The molecule has 6 nitrogen and oxygen atoms in total. The molecule has 1 heterocycles. The van der Waals surface area contributed by atoms with Gasteiger partial charge in [-0.25, -0.2) is 8.78 Å². The number of carbonyl (C=O) groups excluding carboxylic acids is 1. The van der Waals surface area contributed by atoms with Crippen LogP contribution in [0.3, 0.4) is 0 Å². The maximum atomic E-state index is 15.7. The van der Waals surface area contributed by atoms with Gasteiger partial charge in [-0.05, 0) is 130 Å². The molecular weight excluding hydrogens is 536 g/mol. The number of aliphatic carboxylic acids is 1. The summed E-state index contributed by atoms with van der Waals surface area (Å²) in [5.74, 6) is -2.63. The number of rotatable bonds is 12. The van der Waals surface area contributed by atoms with E-state index in [0.717, 1.165) is 42.5 Å². The van der Waals surface area contributed by atoms with Crippen LogP contribution >= 0.6 is 0 Å². The second kappa shape index (κ2) is 13.1. The van der Waals surface area contributed by atoms with Crippen molar-refractivity contribution in [2.75, 3.05) is 20.6 Å². The SMILES string of the molecule is Cc1cnc([C@@H](CC2CC2)C(=O)N[C@@H](CC(=O)O)c2cc(-c3c(C)cc(F)cc3C)cc(C)c2F)cc1CCN(C)C. The van der Waals surface area contributed by atoms with Crippen LogP contribution in [-0.2, 0) is 16.0 Å². The standard InChI is InChI=1S/C34H41F2N3O3/c1-19-12-26(35)13-20(2)32(19)25-11-21(3)33(36)27(15-25)30(17-31(40)41)38-34(42)28(14-23-7-8-23)29-16-24(9-10-39(5)6)22(4)18-37-29/h11-13,15-16,18,23,28,30H,7-10,14,17H2,1-6H3,(H,38,42)(H,40,41)/t28-,30+/m1/s1. The third-order valence-electron chi connectivity index (χ3n) is 8.14. The van der Waals surface area contributed by atoms with Crippen molar-refractivity contribution in [2.45, 2.75) is 71.8 Å². The van der Waals surface area contributed by atoms with E-state index in [9.17, 15) is 19.1 Å². The lowest BCUT2D eigenvalue weighted by atomic mass is 9.89. The van der Waals surface area contributed by atoms with Gasteiger partial charge in [-0.3, -0.25) is 14.6 Å². The average Bonchev–Trinajstić information content (AvgIpc) is 3.72. The van der Waals surface area contributed by atoms with E-state index in [4.69, 9.17) is 0 Å². The number of carboxylic acid groups (broad SMARTS) is 1. The van der Waals surface area contributed by atoms with Crippen molar-refractivity contribution in [3.63, 3.8) is 0 Å². The summed E-state index contributed by atoms with van der Waals surface area (Å²) in [7, 11) is 4.02. The van der Waals surface area contributed by atoms with Crippen LogP contribution in [0.5, 0.6) is 0 Å². The number of aryl methyl sites for hydroxylation is 4. The van der Waals surface area contributed by atoms with Gasteiger partial charge in [-0.2, -0.15) is 0 Å². The maximum absolute atomic E-state index is 15.7. The van der Waals surface area contributed by atoms with Crippen LogP contribution in [0.25, 0.3) is 11.1 Å². The van der Waals surface area contributed by atoms with Crippen molar-refractivity contribution in [1.29, 1.82) is 0 Å². The molecule has 42 heavy (non-hydrogen) atoms. The van der Waals surface area contributed by atoms with Crippen LogP contribution in [-0.4, -0.2) is 47.5 Å². The minimum atomic E-state index is -1.16. The van der Waals surface area contributed by atoms with Gasteiger partial charge in [-0.1, -0.05) is 12.8 Å². The molecule has 0 unspecified atom stereocenters. The summed E-state index contributed by atoms with van der Waals surface area (Å²) in [6.07, 6.45) is 4.79. The fraction of sp³-hybridized carbons (Fsp3) is 0.441. The normalized spacial score (nSPS) is 14.6. The Hall–Kier alpha value is -3.65. The molecule has 0 saturated heterocycles. The number of carbonyl (C=O) groups is 2. The van der Waals surface area contributed by atoms with Crippen LogP contribution in [0.1, 0.15) is 76.7 Å². The highest BCUT2D eigenvalue weighted by atomic mass is 19.1. The molecule has 4 rings (SSSR count). The van der Waals surface area contributed by atoms with Gasteiger partial charge in [0.2, 0.25) is 5.91 Å². The fourth-order valence-electron chi connectivity index (χ4n) is 5.68. The number of amides is 1. The zero-order valence-electron chi connectivity index (χ0n) is 25.4. The molecule has 0 aliphatic heterocycles. The van der Waals surface area contributed by atoms with Crippen molar-refractivity contribution in [3.05, 3.63) is 87.2 Å². The molecule has 0 spiro atoms. The molecule has 1 aromatic heterocycles. The monoisotopic (exact) mass is 577 g/mol. The predicted molar refractivity (Wildman–Crippen MR) is 160 cm³/mol. The van der Waals surface area contributed by atoms with E-state index in [0.29, 0.717) is 40.3 Å². The van der Waals surface area contributed by atoms with Crippen LogP contribution in [0, 0.1) is 45.2 Å². The summed E-state index contributed by atoms with van der Waals surface area (Å²) in [6.45, 7) is 8.03. The van der Waals surface area contributed by atoms with E-state index in [-0.39, 0.29) is 17.3 Å². The van der Waals surface area contributed by atoms with Crippen LogP contribution in [0.2, 0.25) is 0 Å². The van der Waals surface area contributed by atoms with Gasteiger partial charge in [0.15, 0.2) is 0 Å². The molecule has 0 bridgehead atoms. The first-order valence-corrected chi connectivity index (χ1v) is 14.5.